The first-order valence-corrected chi connectivity index (χ1v) is 7.07. The molecule has 0 saturated heterocycles. The van der Waals surface area contributed by atoms with E-state index in [-0.39, 0.29) is 23.2 Å². The number of nitrogens with one attached hydrogen (secondary N) is 2. The topological polar surface area (TPSA) is 78.1 Å². The van der Waals surface area contributed by atoms with Gasteiger partial charge < -0.3 is 5.32 Å². The summed E-state index contributed by atoms with van der Waals surface area (Å²) in [6, 6.07) is 3.01. The van der Waals surface area contributed by atoms with Gasteiger partial charge in [0, 0.05) is 18.7 Å². The first-order valence-electron chi connectivity index (χ1n) is 7.07. The highest BCUT2D eigenvalue weighted by Gasteiger charge is 2.20. The lowest BCUT2D eigenvalue weighted by molar-refractivity contribution is 0.0915. The van der Waals surface area contributed by atoms with Gasteiger partial charge in [-0.05, 0) is 25.1 Å². The summed E-state index contributed by atoms with van der Waals surface area (Å²) in [6.45, 7) is 11.0. The molecule has 1 heterocycles. The van der Waals surface area contributed by atoms with E-state index in [1.54, 1.807) is 0 Å². The van der Waals surface area contributed by atoms with Gasteiger partial charge in [0.15, 0.2) is 0 Å². The second-order valence-corrected chi connectivity index (χ2v) is 5.05. The quantitative estimate of drug-likeness (QED) is 0.776. The van der Waals surface area contributed by atoms with Crippen LogP contribution in [0.3, 0.4) is 0 Å². The number of H-pyrrole nitrogens is 1. The molecule has 0 aromatic carbocycles. The Hall–Kier alpha value is -1.69. The summed E-state index contributed by atoms with van der Waals surface area (Å²) < 4.78 is 0. The highest BCUT2D eigenvalue weighted by atomic mass is 16.2. The summed E-state index contributed by atoms with van der Waals surface area (Å²) in [7, 11) is 0. The molecule has 0 bridgehead atoms. The number of carbonyl (C=O) groups is 1. The van der Waals surface area contributed by atoms with Crippen LogP contribution in [0.5, 0.6) is 0 Å². The van der Waals surface area contributed by atoms with Gasteiger partial charge in [-0.25, -0.2) is 5.10 Å². The van der Waals surface area contributed by atoms with Gasteiger partial charge >= 0.3 is 0 Å². The molecule has 6 heteroatoms. The summed E-state index contributed by atoms with van der Waals surface area (Å²) in [5.41, 5.74) is -0.0867. The molecule has 0 fully saturated rings. The molecule has 0 aliphatic rings. The van der Waals surface area contributed by atoms with Crippen LogP contribution < -0.4 is 10.9 Å². The molecular weight excluding hydrogens is 256 g/mol. The fraction of sp³-hybridized carbons (Fsp3) is 0.643. The number of aromatic nitrogens is 2. The van der Waals surface area contributed by atoms with E-state index in [4.69, 9.17) is 0 Å². The summed E-state index contributed by atoms with van der Waals surface area (Å²) >= 11 is 0. The zero-order valence-electron chi connectivity index (χ0n) is 12.6. The van der Waals surface area contributed by atoms with E-state index in [0.29, 0.717) is 12.5 Å². The highest BCUT2D eigenvalue weighted by molar-refractivity contribution is 5.91. The molecule has 1 rings (SSSR count). The average Bonchev–Trinajstić information content (AvgIpc) is 2.43. The Morgan fingerprint density at radius 2 is 2.00 bits per heavy atom. The SMILES string of the molecule is CCN(CC)[C@H](CNC(=O)c1ccc(=O)[nH]n1)C(C)C. The Bertz CT molecular complexity index is 460. The molecule has 6 nitrogen and oxygen atoms in total. The van der Waals surface area contributed by atoms with Crippen LogP contribution in [0.2, 0.25) is 0 Å². The molecule has 1 aromatic heterocycles. The maximum Gasteiger partial charge on any atom is 0.271 e. The number of amides is 1. The molecule has 0 radical (unpaired) electrons. The predicted octanol–water partition coefficient (Wildman–Crippen LogP) is 0.866. The van der Waals surface area contributed by atoms with Gasteiger partial charge in [-0.2, -0.15) is 5.10 Å². The first-order chi connectivity index (χ1) is 9.49. The molecule has 2 N–H and O–H groups in total. The Morgan fingerprint density at radius 1 is 1.35 bits per heavy atom. The van der Waals surface area contributed by atoms with Crippen LogP contribution >= 0.6 is 0 Å². The van der Waals surface area contributed by atoms with Crippen molar-refractivity contribution in [3.8, 4) is 0 Å². The number of likely N-dealkylation sites (N-methyl/N-ethyl adjacent to an activating group) is 1. The van der Waals surface area contributed by atoms with Gasteiger partial charge in [0.1, 0.15) is 5.69 Å². The largest absolute Gasteiger partial charge is 0.349 e. The maximum atomic E-state index is 12.0. The van der Waals surface area contributed by atoms with E-state index in [2.05, 4.69) is 48.1 Å². The molecule has 0 saturated carbocycles. The minimum absolute atomic E-state index is 0.228. The van der Waals surface area contributed by atoms with Crippen molar-refractivity contribution in [1.82, 2.24) is 20.4 Å². The molecule has 20 heavy (non-hydrogen) atoms. The van der Waals surface area contributed by atoms with Crippen molar-refractivity contribution in [3.63, 3.8) is 0 Å². The molecule has 0 spiro atoms. The van der Waals surface area contributed by atoms with Crippen molar-refractivity contribution in [1.29, 1.82) is 0 Å². The number of nitrogens with zero attached hydrogens (tertiary/aromatic N) is 2. The van der Waals surface area contributed by atoms with Crippen LogP contribution in [-0.2, 0) is 0 Å². The lowest BCUT2D eigenvalue weighted by Crippen LogP contribution is -2.47. The normalized spacial score (nSPS) is 12.7. The standard InChI is InChI=1S/C14H24N4O2/c1-5-18(6-2)12(10(3)4)9-15-14(20)11-7-8-13(19)17-16-11/h7-8,10,12H,5-6,9H2,1-4H3,(H,15,20)(H,17,19)/t12-/m1/s1. The average molecular weight is 280 g/mol. The fourth-order valence-corrected chi connectivity index (χ4v) is 2.24. The third-order valence-corrected chi connectivity index (χ3v) is 3.43. The lowest BCUT2D eigenvalue weighted by atomic mass is 10.0. The molecule has 0 aliphatic carbocycles. The van der Waals surface area contributed by atoms with Crippen LogP contribution in [0, 0.1) is 5.92 Å². The second-order valence-electron chi connectivity index (χ2n) is 5.05. The zero-order chi connectivity index (χ0) is 15.1. The predicted molar refractivity (Wildman–Crippen MR) is 78.7 cm³/mol. The van der Waals surface area contributed by atoms with Crippen molar-refractivity contribution in [3.05, 3.63) is 28.2 Å². The van der Waals surface area contributed by atoms with Gasteiger partial charge in [0.2, 0.25) is 0 Å². The molecule has 112 valence electrons. The second kappa shape index (κ2) is 7.79. The van der Waals surface area contributed by atoms with E-state index >= 15 is 0 Å². The van der Waals surface area contributed by atoms with E-state index in [9.17, 15) is 9.59 Å². The van der Waals surface area contributed by atoms with Crippen molar-refractivity contribution >= 4 is 5.91 Å². The third kappa shape index (κ3) is 4.45. The summed E-state index contributed by atoms with van der Waals surface area (Å²) in [5, 5.41) is 8.87. The Balaban J connectivity index is 2.65. The van der Waals surface area contributed by atoms with Crippen molar-refractivity contribution in [2.24, 2.45) is 5.92 Å². The van der Waals surface area contributed by atoms with Gasteiger partial charge in [0.25, 0.3) is 11.5 Å². The van der Waals surface area contributed by atoms with Crippen molar-refractivity contribution in [2.75, 3.05) is 19.6 Å². The summed E-state index contributed by atoms with van der Waals surface area (Å²) in [5.74, 6) is 0.179. The number of carbonyl (C=O) groups excluding carboxylic acids is 1. The Morgan fingerprint density at radius 3 is 2.45 bits per heavy atom. The number of rotatable bonds is 7. The Kier molecular flexibility index (Phi) is 6.38. The monoisotopic (exact) mass is 280 g/mol. The Labute approximate surface area is 119 Å². The van der Waals surface area contributed by atoms with Crippen LogP contribution in [0.1, 0.15) is 38.2 Å². The molecule has 1 atom stereocenters. The van der Waals surface area contributed by atoms with Crippen LogP contribution in [0.4, 0.5) is 0 Å². The fourth-order valence-electron chi connectivity index (χ4n) is 2.24. The lowest BCUT2D eigenvalue weighted by Gasteiger charge is -2.32. The summed E-state index contributed by atoms with van der Waals surface area (Å²) in [4.78, 5) is 25.2. The van der Waals surface area contributed by atoms with Crippen LogP contribution in [0.15, 0.2) is 16.9 Å². The number of hydrogen-bond acceptors (Lipinski definition) is 4. The molecular formula is C14H24N4O2. The molecule has 0 aliphatic heterocycles. The van der Waals surface area contributed by atoms with Crippen molar-refractivity contribution in [2.45, 2.75) is 33.7 Å². The van der Waals surface area contributed by atoms with E-state index in [0.717, 1.165) is 13.1 Å². The minimum atomic E-state index is -0.315. The van der Waals surface area contributed by atoms with Gasteiger partial charge in [-0.15, -0.1) is 0 Å². The van der Waals surface area contributed by atoms with Gasteiger partial charge in [-0.1, -0.05) is 27.7 Å². The smallest absolute Gasteiger partial charge is 0.271 e. The molecule has 0 unspecified atom stereocenters. The van der Waals surface area contributed by atoms with E-state index in [1.807, 2.05) is 0 Å². The number of hydrogen-bond donors (Lipinski definition) is 2. The van der Waals surface area contributed by atoms with Crippen LogP contribution in [-0.4, -0.2) is 46.7 Å². The van der Waals surface area contributed by atoms with Gasteiger partial charge in [0.05, 0.1) is 0 Å². The summed E-state index contributed by atoms with van der Waals surface area (Å²) in [6.07, 6.45) is 0. The minimum Gasteiger partial charge on any atom is -0.349 e. The van der Waals surface area contributed by atoms with E-state index in [1.165, 1.54) is 12.1 Å². The maximum absolute atomic E-state index is 12.0. The van der Waals surface area contributed by atoms with Crippen molar-refractivity contribution < 1.29 is 4.79 Å². The number of aromatic amines is 1. The van der Waals surface area contributed by atoms with E-state index < -0.39 is 0 Å². The molecule has 1 amide bonds. The third-order valence-electron chi connectivity index (χ3n) is 3.43. The van der Waals surface area contributed by atoms with Crippen LogP contribution in [0.25, 0.3) is 0 Å². The zero-order valence-corrected chi connectivity index (χ0v) is 12.6. The molecule has 1 aromatic rings. The first kappa shape index (κ1) is 16.4. The van der Waals surface area contributed by atoms with Gasteiger partial charge in [-0.3, -0.25) is 14.5 Å². The highest BCUT2D eigenvalue weighted by Crippen LogP contribution is 2.09.